The molecule has 0 unspecified atom stereocenters. The number of hydrogen-bond donors (Lipinski definition) is 2. The van der Waals surface area contributed by atoms with E-state index < -0.39 is 0 Å². The van der Waals surface area contributed by atoms with Gasteiger partial charge >= 0.3 is 0 Å². The Hall–Kier alpha value is -2.44. The zero-order chi connectivity index (χ0) is 13.8. The Bertz CT molecular complexity index is 567. The van der Waals surface area contributed by atoms with Crippen molar-refractivity contribution in [1.82, 2.24) is 14.8 Å². The van der Waals surface area contributed by atoms with E-state index >= 15 is 0 Å². The van der Waals surface area contributed by atoms with Gasteiger partial charge in [0.05, 0.1) is 32.1 Å². The number of nitrogens with two attached hydrogens (primary N) is 1. The first-order chi connectivity index (χ1) is 9.15. The molecule has 0 aliphatic carbocycles. The van der Waals surface area contributed by atoms with Crippen LogP contribution in [0.25, 0.3) is 0 Å². The molecule has 1 aromatic carbocycles. The van der Waals surface area contributed by atoms with Crippen LogP contribution in [0.1, 0.15) is 5.82 Å². The zero-order valence-electron chi connectivity index (χ0n) is 11.2. The Morgan fingerprint density at radius 3 is 2.53 bits per heavy atom. The molecule has 0 bridgehead atoms. The summed E-state index contributed by atoms with van der Waals surface area (Å²) >= 11 is 0. The molecule has 0 radical (unpaired) electrons. The van der Waals surface area contributed by atoms with Crippen LogP contribution in [-0.2, 0) is 13.6 Å². The van der Waals surface area contributed by atoms with E-state index in [0.717, 1.165) is 11.5 Å². The minimum Gasteiger partial charge on any atom is -0.493 e. The molecule has 1 heterocycles. The van der Waals surface area contributed by atoms with E-state index in [1.54, 1.807) is 32.7 Å². The highest BCUT2D eigenvalue weighted by Crippen LogP contribution is 2.34. The van der Waals surface area contributed by atoms with E-state index in [9.17, 15) is 0 Å². The van der Waals surface area contributed by atoms with Crippen LogP contribution in [0.4, 0.5) is 11.4 Å². The van der Waals surface area contributed by atoms with Crippen LogP contribution in [-0.4, -0.2) is 29.0 Å². The first-order valence-corrected chi connectivity index (χ1v) is 5.74. The number of nitrogens with one attached hydrogen (secondary N) is 1. The lowest BCUT2D eigenvalue weighted by molar-refractivity contribution is 0.355. The number of aryl methyl sites for hydroxylation is 1. The summed E-state index contributed by atoms with van der Waals surface area (Å²) in [6.07, 6.45) is 1.65. The number of methoxy groups -OCH3 is 2. The lowest BCUT2D eigenvalue weighted by atomic mass is 10.2. The number of anilines is 2. The van der Waals surface area contributed by atoms with Crippen molar-refractivity contribution >= 4 is 11.4 Å². The summed E-state index contributed by atoms with van der Waals surface area (Å²) in [6, 6.07) is 3.52. The first kappa shape index (κ1) is 13.0. The molecule has 102 valence electrons. The van der Waals surface area contributed by atoms with Crippen LogP contribution in [0.2, 0.25) is 0 Å². The maximum Gasteiger partial charge on any atom is 0.162 e. The van der Waals surface area contributed by atoms with Gasteiger partial charge in [0.25, 0.3) is 0 Å². The Kier molecular flexibility index (Phi) is 3.74. The number of benzene rings is 1. The zero-order valence-corrected chi connectivity index (χ0v) is 11.2. The molecule has 2 rings (SSSR count). The highest BCUT2D eigenvalue weighted by atomic mass is 16.5. The SMILES string of the molecule is COc1cc(N)c(NCc2nncn2C)cc1OC. The van der Waals surface area contributed by atoms with Gasteiger partial charge in [0.1, 0.15) is 6.33 Å². The van der Waals surface area contributed by atoms with Gasteiger partial charge in [-0.05, 0) is 0 Å². The average molecular weight is 263 g/mol. The summed E-state index contributed by atoms with van der Waals surface area (Å²) in [5, 5.41) is 11.0. The average Bonchev–Trinajstić information content (AvgIpc) is 2.82. The predicted molar refractivity (Wildman–Crippen MR) is 72.3 cm³/mol. The Morgan fingerprint density at radius 2 is 1.95 bits per heavy atom. The van der Waals surface area contributed by atoms with Crippen molar-refractivity contribution in [2.75, 3.05) is 25.3 Å². The van der Waals surface area contributed by atoms with Crippen molar-refractivity contribution in [1.29, 1.82) is 0 Å². The molecule has 0 amide bonds. The van der Waals surface area contributed by atoms with Gasteiger partial charge in [0.15, 0.2) is 17.3 Å². The second kappa shape index (κ2) is 5.47. The monoisotopic (exact) mass is 263 g/mol. The van der Waals surface area contributed by atoms with Crippen molar-refractivity contribution < 1.29 is 9.47 Å². The predicted octanol–water partition coefficient (Wildman–Crippen LogP) is 1.03. The third kappa shape index (κ3) is 2.70. The van der Waals surface area contributed by atoms with Gasteiger partial charge in [-0.15, -0.1) is 10.2 Å². The van der Waals surface area contributed by atoms with E-state index in [1.807, 2.05) is 11.6 Å². The maximum absolute atomic E-state index is 5.96. The third-order valence-electron chi connectivity index (χ3n) is 2.80. The molecule has 0 saturated carbocycles. The second-order valence-electron chi connectivity index (χ2n) is 4.01. The van der Waals surface area contributed by atoms with Crippen LogP contribution in [0.3, 0.4) is 0 Å². The van der Waals surface area contributed by atoms with Gasteiger partial charge in [-0.1, -0.05) is 0 Å². The van der Waals surface area contributed by atoms with Crippen LogP contribution in [0.5, 0.6) is 11.5 Å². The number of rotatable bonds is 5. The molecule has 2 aromatic rings. The van der Waals surface area contributed by atoms with Crippen molar-refractivity contribution in [2.45, 2.75) is 6.54 Å². The molecule has 0 fully saturated rings. The number of hydrogen-bond acceptors (Lipinski definition) is 6. The summed E-state index contributed by atoms with van der Waals surface area (Å²) in [4.78, 5) is 0. The highest BCUT2D eigenvalue weighted by molar-refractivity contribution is 5.71. The van der Waals surface area contributed by atoms with E-state index in [4.69, 9.17) is 15.2 Å². The van der Waals surface area contributed by atoms with Crippen LogP contribution >= 0.6 is 0 Å². The number of ether oxygens (including phenoxy) is 2. The van der Waals surface area contributed by atoms with E-state index in [-0.39, 0.29) is 0 Å². The summed E-state index contributed by atoms with van der Waals surface area (Å²) < 4.78 is 12.3. The summed E-state index contributed by atoms with van der Waals surface area (Å²) in [5.41, 5.74) is 7.30. The van der Waals surface area contributed by atoms with E-state index in [0.29, 0.717) is 23.7 Å². The largest absolute Gasteiger partial charge is 0.493 e. The van der Waals surface area contributed by atoms with Crippen molar-refractivity contribution in [3.05, 3.63) is 24.3 Å². The normalized spacial score (nSPS) is 10.3. The lowest BCUT2D eigenvalue weighted by Crippen LogP contribution is -2.07. The molecule has 3 N–H and O–H groups in total. The molecule has 0 aliphatic rings. The van der Waals surface area contributed by atoms with Crippen LogP contribution in [0.15, 0.2) is 18.5 Å². The first-order valence-electron chi connectivity index (χ1n) is 5.74. The molecule has 0 spiro atoms. The molecule has 0 saturated heterocycles. The van der Waals surface area contributed by atoms with Gasteiger partial charge in [-0.2, -0.15) is 0 Å². The second-order valence-corrected chi connectivity index (χ2v) is 4.01. The highest BCUT2D eigenvalue weighted by Gasteiger charge is 2.09. The van der Waals surface area contributed by atoms with E-state index in [1.165, 1.54) is 0 Å². The maximum atomic E-state index is 5.96. The number of nitrogens with zero attached hydrogens (tertiary/aromatic N) is 3. The van der Waals surface area contributed by atoms with Crippen LogP contribution < -0.4 is 20.5 Å². The Balaban J connectivity index is 2.18. The van der Waals surface area contributed by atoms with Crippen molar-refractivity contribution in [2.24, 2.45) is 7.05 Å². The smallest absolute Gasteiger partial charge is 0.162 e. The van der Waals surface area contributed by atoms with Gasteiger partial charge < -0.3 is 25.1 Å². The molecule has 7 heteroatoms. The van der Waals surface area contributed by atoms with Crippen molar-refractivity contribution in [3.63, 3.8) is 0 Å². The van der Waals surface area contributed by atoms with Gasteiger partial charge in [-0.3, -0.25) is 0 Å². The topological polar surface area (TPSA) is 87.2 Å². The Labute approximate surface area is 111 Å². The quantitative estimate of drug-likeness (QED) is 0.783. The fraction of sp³-hybridized carbons (Fsp3) is 0.333. The van der Waals surface area contributed by atoms with Crippen LogP contribution in [0, 0.1) is 0 Å². The summed E-state index contributed by atoms with van der Waals surface area (Å²) in [6.45, 7) is 0.524. The fourth-order valence-corrected chi connectivity index (χ4v) is 1.69. The molecule has 7 nitrogen and oxygen atoms in total. The number of aromatic nitrogens is 3. The fourth-order valence-electron chi connectivity index (χ4n) is 1.69. The molecule has 0 aliphatic heterocycles. The summed E-state index contributed by atoms with van der Waals surface area (Å²) in [5.74, 6) is 2.04. The molecule has 0 atom stereocenters. The minimum absolute atomic E-state index is 0.524. The molecular weight excluding hydrogens is 246 g/mol. The third-order valence-corrected chi connectivity index (χ3v) is 2.80. The number of nitrogen functional groups attached to an aromatic ring is 1. The molecule has 19 heavy (non-hydrogen) atoms. The Morgan fingerprint density at radius 1 is 1.26 bits per heavy atom. The lowest BCUT2D eigenvalue weighted by Gasteiger charge is -2.13. The molecular formula is C12H17N5O2. The summed E-state index contributed by atoms with van der Waals surface area (Å²) in [7, 11) is 5.04. The van der Waals surface area contributed by atoms with Gasteiger partial charge in [0.2, 0.25) is 0 Å². The standard InChI is InChI=1S/C12H17N5O2/c1-17-7-15-16-12(17)6-14-9-5-11(19-3)10(18-2)4-8(9)13/h4-5,7,14H,6,13H2,1-3H3. The van der Waals surface area contributed by atoms with Crippen molar-refractivity contribution in [3.8, 4) is 11.5 Å². The molecule has 1 aromatic heterocycles. The van der Waals surface area contributed by atoms with E-state index in [2.05, 4.69) is 15.5 Å². The minimum atomic E-state index is 0.524. The van der Waals surface area contributed by atoms with Gasteiger partial charge in [-0.25, -0.2) is 0 Å². The van der Waals surface area contributed by atoms with Gasteiger partial charge in [0, 0.05) is 19.2 Å².